The fourth-order valence-corrected chi connectivity index (χ4v) is 6.45. The summed E-state index contributed by atoms with van der Waals surface area (Å²) in [6.45, 7) is 12.5. The van der Waals surface area contributed by atoms with E-state index in [1.165, 1.54) is 4.88 Å². The van der Waals surface area contributed by atoms with Crippen molar-refractivity contribution in [2.75, 3.05) is 17.2 Å². The zero-order valence-electron chi connectivity index (χ0n) is 21.3. The average Bonchev–Trinajstić information content (AvgIpc) is 3.44. The van der Waals surface area contributed by atoms with E-state index >= 15 is 0 Å². The largest absolute Gasteiger partial charge is 0.352 e. The Morgan fingerprint density at radius 3 is 2.60 bits per heavy atom. The number of nitrogens with zero attached hydrogens (tertiary/aromatic N) is 3. The van der Waals surface area contributed by atoms with Crippen molar-refractivity contribution in [3.63, 3.8) is 0 Å². The zero-order valence-corrected chi connectivity index (χ0v) is 22.9. The lowest BCUT2D eigenvalue weighted by Crippen LogP contribution is -2.44. The zero-order chi connectivity index (χ0) is 25.3. The summed E-state index contributed by atoms with van der Waals surface area (Å²) in [6, 6.07) is 12.3. The van der Waals surface area contributed by atoms with Crippen molar-refractivity contribution in [2.45, 2.75) is 64.7 Å². The van der Waals surface area contributed by atoms with Crippen LogP contribution in [0.4, 0.5) is 5.82 Å². The Hall–Kier alpha value is -2.58. The first-order valence-electron chi connectivity index (χ1n) is 12.1. The molecule has 2 atom stereocenters. The lowest BCUT2D eigenvalue weighted by atomic mass is 9.88. The van der Waals surface area contributed by atoms with Crippen molar-refractivity contribution >= 4 is 40.7 Å². The van der Waals surface area contributed by atoms with E-state index in [0.717, 1.165) is 28.9 Å². The van der Waals surface area contributed by atoms with Gasteiger partial charge in [0.25, 0.3) is 0 Å². The van der Waals surface area contributed by atoms with E-state index in [2.05, 4.69) is 37.5 Å². The van der Waals surface area contributed by atoms with Crippen LogP contribution in [0, 0.1) is 6.92 Å². The maximum Gasteiger partial charge on any atom is 0.240 e. The van der Waals surface area contributed by atoms with E-state index in [1.807, 2.05) is 55.8 Å². The van der Waals surface area contributed by atoms with Gasteiger partial charge in [0.15, 0.2) is 0 Å². The summed E-state index contributed by atoms with van der Waals surface area (Å²) in [4.78, 5) is 29.5. The van der Waals surface area contributed by atoms with E-state index in [9.17, 15) is 9.59 Å². The van der Waals surface area contributed by atoms with Crippen LogP contribution in [0.2, 0.25) is 0 Å². The van der Waals surface area contributed by atoms with Gasteiger partial charge in [-0.2, -0.15) is 5.10 Å². The van der Waals surface area contributed by atoms with Crippen molar-refractivity contribution in [1.82, 2.24) is 15.1 Å². The maximum atomic E-state index is 13.6. The SMILES string of the molecule is CC[C@H](C)NC(=O)CN1C(=O)CS[C@H](c2cccs2)c2c(C(C)(C)C)nn(-c3ccccc3C)c21. The molecule has 0 bridgehead atoms. The van der Waals surface area contributed by atoms with Gasteiger partial charge in [0.1, 0.15) is 12.4 Å². The second-order valence-corrected chi connectivity index (χ2v) is 12.2. The lowest BCUT2D eigenvalue weighted by molar-refractivity contribution is -0.123. The van der Waals surface area contributed by atoms with Crippen LogP contribution in [0.25, 0.3) is 5.69 Å². The third kappa shape index (κ3) is 5.19. The molecular formula is C27H34N4O2S2. The molecule has 0 aliphatic carbocycles. The van der Waals surface area contributed by atoms with E-state index in [0.29, 0.717) is 11.6 Å². The highest BCUT2D eigenvalue weighted by Crippen LogP contribution is 2.49. The number of carbonyl (C=O) groups excluding carboxylic acids is 2. The van der Waals surface area contributed by atoms with Gasteiger partial charge in [-0.05, 0) is 43.3 Å². The number of nitrogens with one attached hydrogen (secondary N) is 1. The number of thiophene rings is 1. The molecule has 35 heavy (non-hydrogen) atoms. The lowest BCUT2D eigenvalue weighted by Gasteiger charge is -2.25. The highest BCUT2D eigenvalue weighted by atomic mass is 32.2. The predicted molar refractivity (Wildman–Crippen MR) is 146 cm³/mol. The molecule has 4 rings (SSSR count). The van der Waals surface area contributed by atoms with Crippen LogP contribution in [0.15, 0.2) is 41.8 Å². The molecule has 3 aromatic rings. The number of para-hydroxylation sites is 1. The monoisotopic (exact) mass is 510 g/mol. The van der Waals surface area contributed by atoms with Crippen LogP contribution in [0.1, 0.15) is 68.0 Å². The molecule has 6 nitrogen and oxygen atoms in total. The average molecular weight is 511 g/mol. The van der Waals surface area contributed by atoms with Gasteiger partial charge in [-0.15, -0.1) is 23.1 Å². The number of aromatic nitrogens is 2. The van der Waals surface area contributed by atoms with Crippen molar-refractivity contribution in [1.29, 1.82) is 0 Å². The third-order valence-electron chi connectivity index (χ3n) is 6.27. The van der Waals surface area contributed by atoms with Crippen LogP contribution in [-0.4, -0.2) is 39.9 Å². The van der Waals surface area contributed by atoms with Crippen LogP contribution >= 0.6 is 23.1 Å². The molecule has 0 saturated heterocycles. The number of hydrogen-bond acceptors (Lipinski definition) is 5. The van der Waals surface area contributed by atoms with E-state index in [-0.39, 0.29) is 35.1 Å². The summed E-state index contributed by atoms with van der Waals surface area (Å²) in [6.07, 6.45) is 0.830. The van der Waals surface area contributed by atoms with E-state index < -0.39 is 0 Å². The quantitative estimate of drug-likeness (QED) is 0.467. The van der Waals surface area contributed by atoms with Gasteiger partial charge in [-0.25, -0.2) is 4.68 Å². The summed E-state index contributed by atoms with van der Waals surface area (Å²) < 4.78 is 1.90. The molecule has 2 amide bonds. The molecule has 0 spiro atoms. The molecule has 186 valence electrons. The van der Waals surface area contributed by atoms with Crippen LogP contribution < -0.4 is 10.2 Å². The van der Waals surface area contributed by atoms with Crippen molar-refractivity contribution in [3.8, 4) is 5.69 Å². The molecular weight excluding hydrogens is 476 g/mol. The molecule has 0 fully saturated rings. The Kier molecular flexibility index (Phi) is 7.43. The van der Waals surface area contributed by atoms with Gasteiger partial charge < -0.3 is 5.32 Å². The molecule has 1 aromatic carbocycles. The number of rotatable bonds is 6. The second kappa shape index (κ2) is 10.2. The van der Waals surface area contributed by atoms with Gasteiger partial charge in [0.2, 0.25) is 11.8 Å². The second-order valence-electron chi connectivity index (χ2n) is 10.1. The molecule has 3 heterocycles. The van der Waals surface area contributed by atoms with Crippen LogP contribution in [-0.2, 0) is 15.0 Å². The maximum absolute atomic E-state index is 13.6. The predicted octanol–water partition coefficient (Wildman–Crippen LogP) is 5.62. The van der Waals surface area contributed by atoms with Gasteiger partial charge in [0, 0.05) is 21.9 Å². The van der Waals surface area contributed by atoms with Crippen molar-refractivity contribution < 1.29 is 9.59 Å². The Labute approximate surface area is 216 Å². The van der Waals surface area contributed by atoms with Crippen molar-refractivity contribution in [2.24, 2.45) is 0 Å². The van der Waals surface area contributed by atoms with E-state index in [1.54, 1.807) is 28.0 Å². The first-order valence-corrected chi connectivity index (χ1v) is 14.0. The molecule has 1 aliphatic rings. The molecule has 1 aliphatic heterocycles. The first kappa shape index (κ1) is 25.5. The van der Waals surface area contributed by atoms with Gasteiger partial charge in [-0.1, -0.05) is 52.0 Å². The molecule has 0 unspecified atom stereocenters. The number of hydrogen-bond donors (Lipinski definition) is 1. The fraction of sp³-hybridized carbons (Fsp3) is 0.444. The normalized spacial score (nSPS) is 17.1. The van der Waals surface area contributed by atoms with E-state index in [4.69, 9.17) is 5.10 Å². The first-order chi connectivity index (χ1) is 16.6. The minimum Gasteiger partial charge on any atom is -0.352 e. The number of carbonyl (C=O) groups is 2. The summed E-state index contributed by atoms with van der Waals surface area (Å²) in [5.74, 6) is 0.764. The molecule has 0 radical (unpaired) electrons. The highest BCUT2D eigenvalue weighted by Gasteiger charge is 2.40. The van der Waals surface area contributed by atoms with Gasteiger partial charge in [0.05, 0.1) is 22.4 Å². The third-order valence-corrected chi connectivity index (χ3v) is 8.59. The minimum absolute atomic E-state index is 0.0327. The molecule has 8 heteroatoms. The summed E-state index contributed by atoms with van der Waals surface area (Å²) >= 11 is 3.31. The van der Waals surface area contributed by atoms with Crippen LogP contribution in [0.3, 0.4) is 0 Å². The number of thioether (sulfide) groups is 1. The van der Waals surface area contributed by atoms with Crippen molar-refractivity contribution in [3.05, 3.63) is 63.5 Å². The Balaban J connectivity index is 1.98. The number of benzene rings is 1. The summed E-state index contributed by atoms with van der Waals surface area (Å²) in [5.41, 5.74) is 3.68. The molecule has 0 saturated carbocycles. The summed E-state index contributed by atoms with van der Waals surface area (Å²) in [7, 11) is 0. The summed E-state index contributed by atoms with van der Waals surface area (Å²) in [5, 5.41) is 10.2. The Morgan fingerprint density at radius 2 is 1.97 bits per heavy atom. The Morgan fingerprint density at radius 1 is 1.23 bits per heavy atom. The number of aryl methyl sites for hydroxylation is 1. The number of fused-ring (bicyclic) bond motifs is 1. The van der Waals surface area contributed by atoms with Gasteiger partial charge >= 0.3 is 0 Å². The fourth-order valence-electron chi connectivity index (χ4n) is 4.27. The van der Waals surface area contributed by atoms with Gasteiger partial charge in [-0.3, -0.25) is 14.5 Å². The Bertz CT molecular complexity index is 1210. The topological polar surface area (TPSA) is 67.2 Å². The highest BCUT2D eigenvalue weighted by molar-refractivity contribution is 8.00. The molecule has 1 N–H and O–H groups in total. The minimum atomic E-state index is -0.258. The smallest absolute Gasteiger partial charge is 0.240 e. The molecule has 2 aromatic heterocycles. The number of amides is 2. The van der Waals surface area contributed by atoms with Crippen LogP contribution in [0.5, 0.6) is 0 Å². The standard InChI is InChI=1S/C27H34N4O2S2/c1-7-18(3)28-21(32)15-30-22(33)16-35-24(20-13-10-14-34-20)23-25(27(4,5)6)29-31(26(23)30)19-12-9-8-11-17(19)2/h8-14,18,24H,7,15-16H2,1-6H3,(H,28,32)/t18-,24+/m0/s1. The number of anilines is 1.